The van der Waals surface area contributed by atoms with Gasteiger partial charge in [0.1, 0.15) is 23.2 Å². The second kappa shape index (κ2) is 8.91. The van der Waals surface area contributed by atoms with E-state index in [-0.39, 0.29) is 24.6 Å². The van der Waals surface area contributed by atoms with E-state index in [4.69, 9.17) is 4.74 Å². The van der Waals surface area contributed by atoms with Gasteiger partial charge in [-0.2, -0.15) is 0 Å². The third-order valence-corrected chi connectivity index (χ3v) is 4.77. The Hall–Kier alpha value is -3.81. The molecule has 4 aromatic rings. The minimum Gasteiger partial charge on any atom is -0.482 e. The van der Waals surface area contributed by atoms with Gasteiger partial charge in [-0.15, -0.1) is 0 Å². The van der Waals surface area contributed by atoms with Crippen LogP contribution in [-0.4, -0.2) is 29.0 Å². The van der Waals surface area contributed by atoms with Gasteiger partial charge in [0.2, 0.25) is 0 Å². The number of hydrogen-bond donors (Lipinski definition) is 2. The fourth-order valence-corrected chi connectivity index (χ4v) is 3.36. The lowest BCUT2D eigenvalue weighted by atomic mass is 10.0. The number of aromatic nitrogens is 2. The molecule has 0 radical (unpaired) electrons. The summed E-state index contributed by atoms with van der Waals surface area (Å²) in [5.74, 6) is -1.70. The molecule has 1 amide bonds. The van der Waals surface area contributed by atoms with Gasteiger partial charge in [-0.05, 0) is 60.0 Å². The van der Waals surface area contributed by atoms with Crippen LogP contribution in [0.15, 0.2) is 60.9 Å². The number of fused-ring (bicyclic) bond motifs is 1. The van der Waals surface area contributed by atoms with Crippen LogP contribution < -0.4 is 10.1 Å². The highest BCUT2D eigenvalue weighted by molar-refractivity contribution is 5.91. The lowest BCUT2D eigenvalue weighted by Gasteiger charge is -2.09. The summed E-state index contributed by atoms with van der Waals surface area (Å²) in [5.41, 5.74) is 1.94. The highest BCUT2D eigenvalue weighted by Gasteiger charge is 2.17. The van der Waals surface area contributed by atoms with Crippen LogP contribution in [0.2, 0.25) is 0 Å². The van der Waals surface area contributed by atoms with E-state index >= 15 is 0 Å². The Balaban J connectivity index is 1.52. The standard InChI is InChI=1S/C23H18F3N3O2/c24-15-5-3-14(4-6-15)22-18(19-10-16(25)11-20(26)23(19)29-22)7-9-28-21(30)13-31-17-2-1-8-27-12-17/h1-6,8,10-12,29H,7,9,13H2,(H,28,30). The molecular weight excluding hydrogens is 407 g/mol. The predicted octanol–water partition coefficient (Wildman–Crippen LogP) is 4.38. The van der Waals surface area contributed by atoms with E-state index in [1.165, 1.54) is 24.4 Å². The van der Waals surface area contributed by atoms with Crippen molar-refractivity contribution in [3.05, 3.63) is 83.9 Å². The summed E-state index contributed by atoms with van der Waals surface area (Å²) in [7, 11) is 0. The lowest BCUT2D eigenvalue weighted by Crippen LogP contribution is -2.30. The lowest BCUT2D eigenvalue weighted by molar-refractivity contribution is -0.123. The van der Waals surface area contributed by atoms with E-state index < -0.39 is 17.5 Å². The van der Waals surface area contributed by atoms with Crippen LogP contribution in [0, 0.1) is 17.5 Å². The second-order valence-electron chi connectivity index (χ2n) is 6.87. The van der Waals surface area contributed by atoms with Crippen molar-refractivity contribution in [3.63, 3.8) is 0 Å². The normalized spacial score (nSPS) is 10.9. The molecule has 0 atom stereocenters. The minimum absolute atomic E-state index is 0.155. The fourth-order valence-electron chi connectivity index (χ4n) is 3.36. The average Bonchev–Trinajstić information content (AvgIpc) is 3.12. The maximum atomic E-state index is 14.3. The molecule has 0 unspecified atom stereocenters. The van der Waals surface area contributed by atoms with Crippen LogP contribution in [0.3, 0.4) is 0 Å². The topological polar surface area (TPSA) is 67.0 Å². The largest absolute Gasteiger partial charge is 0.482 e. The van der Waals surface area contributed by atoms with Crippen LogP contribution in [0.4, 0.5) is 13.2 Å². The Bertz CT molecular complexity index is 1210. The van der Waals surface area contributed by atoms with Gasteiger partial charge in [-0.3, -0.25) is 9.78 Å². The van der Waals surface area contributed by atoms with Gasteiger partial charge < -0.3 is 15.0 Å². The molecule has 2 N–H and O–H groups in total. The van der Waals surface area contributed by atoms with Crippen LogP contribution >= 0.6 is 0 Å². The van der Waals surface area contributed by atoms with Crippen LogP contribution in [-0.2, 0) is 11.2 Å². The summed E-state index contributed by atoms with van der Waals surface area (Å²) in [6, 6.07) is 11.1. The molecule has 0 aliphatic heterocycles. The monoisotopic (exact) mass is 425 g/mol. The molecule has 0 fully saturated rings. The Kier molecular flexibility index (Phi) is 5.88. The van der Waals surface area contributed by atoms with E-state index in [2.05, 4.69) is 15.3 Å². The van der Waals surface area contributed by atoms with Crippen molar-refractivity contribution < 1.29 is 22.7 Å². The summed E-state index contributed by atoms with van der Waals surface area (Å²) < 4.78 is 46.8. The quantitative estimate of drug-likeness (QED) is 0.462. The van der Waals surface area contributed by atoms with Gasteiger partial charge in [0, 0.05) is 29.9 Å². The van der Waals surface area contributed by atoms with Crippen LogP contribution in [0.1, 0.15) is 5.56 Å². The molecule has 0 spiro atoms. The number of carbonyl (C=O) groups excluding carboxylic acids is 1. The minimum atomic E-state index is -0.724. The number of aromatic amines is 1. The Morgan fingerprint density at radius 1 is 1.06 bits per heavy atom. The van der Waals surface area contributed by atoms with E-state index in [1.54, 1.807) is 30.5 Å². The molecule has 0 bridgehead atoms. The molecule has 0 saturated heterocycles. The third kappa shape index (κ3) is 4.69. The summed E-state index contributed by atoms with van der Waals surface area (Å²) >= 11 is 0. The molecule has 158 valence electrons. The summed E-state index contributed by atoms with van der Waals surface area (Å²) in [6.45, 7) is 0.0299. The number of carbonyl (C=O) groups is 1. The number of pyridine rings is 1. The molecule has 2 aromatic carbocycles. The molecule has 2 aromatic heterocycles. The number of nitrogens with one attached hydrogen (secondary N) is 2. The highest BCUT2D eigenvalue weighted by Crippen LogP contribution is 2.32. The molecule has 0 aliphatic carbocycles. The van der Waals surface area contributed by atoms with Gasteiger partial charge in [0.15, 0.2) is 6.61 Å². The van der Waals surface area contributed by atoms with Gasteiger partial charge in [0.05, 0.1) is 11.7 Å². The van der Waals surface area contributed by atoms with Crippen LogP contribution in [0.25, 0.3) is 22.2 Å². The van der Waals surface area contributed by atoms with E-state index in [1.807, 2.05) is 0 Å². The van der Waals surface area contributed by atoms with Gasteiger partial charge in [-0.1, -0.05) is 0 Å². The zero-order valence-corrected chi connectivity index (χ0v) is 16.3. The Labute approximate surface area is 175 Å². The van der Waals surface area contributed by atoms with Crippen molar-refractivity contribution in [1.82, 2.24) is 15.3 Å². The first-order valence-electron chi connectivity index (χ1n) is 9.56. The number of ether oxygens (including phenoxy) is 1. The number of hydrogen-bond acceptors (Lipinski definition) is 3. The summed E-state index contributed by atoms with van der Waals surface area (Å²) in [4.78, 5) is 19.0. The Morgan fingerprint density at radius 2 is 1.87 bits per heavy atom. The van der Waals surface area contributed by atoms with Crippen molar-refractivity contribution in [2.75, 3.05) is 13.2 Å². The molecular formula is C23H18F3N3O2. The smallest absolute Gasteiger partial charge is 0.257 e. The number of halogens is 3. The first kappa shape index (κ1) is 20.5. The van der Waals surface area contributed by atoms with E-state index in [9.17, 15) is 18.0 Å². The van der Waals surface area contributed by atoms with Crippen molar-refractivity contribution in [3.8, 4) is 17.0 Å². The van der Waals surface area contributed by atoms with E-state index in [0.717, 1.165) is 6.07 Å². The highest BCUT2D eigenvalue weighted by atomic mass is 19.1. The van der Waals surface area contributed by atoms with Crippen molar-refractivity contribution in [2.24, 2.45) is 0 Å². The molecule has 2 heterocycles. The maximum Gasteiger partial charge on any atom is 0.257 e. The van der Waals surface area contributed by atoms with Crippen molar-refractivity contribution >= 4 is 16.8 Å². The number of H-pyrrole nitrogens is 1. The summed E-state index contributed by atoms with van der Waals surface area (Å²) in [6.07, 6.45) is 3.39. The first-order chi connectivity index (χ1) is 15.0. The second-order valence-corrected chi connectivity index (χ2v) is 6.87. The zero-order valence-electron chi connectivity index (χ0n) is 16.3. The number of amides is 1. The molecule has 5 nitrogen and oxygen atoms in total. The van der Waals surface area contributed by atoms with Gasteiger partial charge >= 0.3 is 0 Å². The Morgan fingerprint density at radius 3 is 2.61 bits per heavy atom. The van der Waals surface area contributed by atoms with Crippen molar-refractivity contribution in [1.29, 1.82) is 0 Å². The maximum absolute atomic E-state index is 14.3. The molecule has 8 heteroatoms. The van der Waals surface area contributed by atoms with Gasteiger partial charge in [0.25, 0.3) is 5.91 Å². The van der Waals surface area contributed by atoms with Crippen LogP contribution in [0.5, 0.6) is 5.75 Å². The summed E-state index contributed by atoms with van der Waals surface area (Å²) in [5, 5.41) is 3.10. The predicted molar refractivity (Wildman–Crippen MR) is 110 cm³/mol. The van der Waals surface area contributed by atoms with E-state index in [0.29, 0.717) is 34.4 Å². The number of rotatable bonds is 7. The fraction of sp³-hybridized carbons (Fsp3) is 0.130. The third-order valence-electron chi connectivity index (χ3n) is 4.77. The zero-order chi connectivity index (χ0) is 21.8. The molecule has 0 saturated carbocycles. The first-order valence-corrected chi connectivity index (χ1v) is 9.56. The number of benzene rings is 2. The van der Waals surface area contributed by atoms with Gasteiger partial charge in [-0.25, -0.2) is 13.2 Å². The van der Waals surface area contributed by atoms with Crippen molar-refractivity contribution in [2.45, 2.75) is 6.42 Å². The SMILES string of the molecule is O=C(COc1cccnc1)NCCc1c(-c2ccc(F)cc2)[nH]c2c(F)cc(F)cc12. The number of nitrogens with zero attached hydrogens (tertiary/aromatic N) is 1. The average molecular weight is 425 g/mol. The molecule has 31 heavy (non-hydrogen) atoms. The molecule has 0 aliphatic rings. The molecule has 4 rings (SSSR count).